The van der Waals surface area contributed by atoms with Gasteiger partial charge in [0.15, 0.2) is 0 Å². The molecule has 0 aliphatic carbocycles. The molecule has 3 aromatic rings. The zero-order valence-electron chi connectivity index (χ0n) is 15.3. The number of pyridine rings is 1. The molecule has 0 amide bonds. The van der Waals surface area contributed by atoms with E-state index in [1.54, 1.807) is 31.3 Å². The van der Waals surface area contributed by atoms with E-state index in [0.717, 1.165) is 35.6 Å². The van der Waals surface area contributed by atoms with Crippen LogP contribution in [-0.4, -0.2) is 19.9 Å². The van der Waals surface area contributed by atoms with E-state index in [1.807, 2.05) is 31.2 Å². The van der Waals surface area contributed by atoms with Crippen LogP contribution in [0.25, 0.3) is 0 Å². The molecule has 27 heavy (non-hydrogen) atoms. The number of aryl methyl sites for hydroxylation is 2. The predicted octanol–water partition coefficient (Wildman–Crippen LogP) is 4.19. The summed E-state index contributed by atoms with van der Waals surface area (Å²) in [5.74, 6) is 0.814. The molecule has 1 aromatic heterocycles. The van der Waals surface area contributed by atoms with Crippen molar-refractivity contribution in [2.45, 2.75) is 25.2 Å². The zero-order chi connectivity index (χ0) is 19.0. The number of rotatable bonds is 4. The number of para-hydroxylation sites is 1. The van der Waals surface area contributed by atoms with E-state index >= 15 is 0 Å². The van der Waals surface area contributed by atoms with Crippen LogP contribution in [0.1, 0.15) is 16.7 Å². The molecule has 0 radical (unpaired) electrons. The molecule has 0 saturated carbocycles. The smallest absolute Gasteiger partial charge is 0.262 e. The summed E-state index contributed by atoms with van der Waals surface area (Å²) in [5.41, 5.74) is 4.67. The molecule has 0 saturated heterocycles. The monoisotopic (exact) mass is 379 g/mol. The lowest BCUT2D eigenvalue weighted by atomic mass is 10.2. The van der Waals surface area contributed by atoms with Crippen molar-refractivity contribution in [1.29, 1.82) is 0 Å². The Morgan fingerprint density at radius 2 is 1.85 bits per heavy atom. The van der Waals surface area contributed by atoms with Crippen molar-refractivity contribution < 1.29 is 8.42 Å². The maximum Gasteiger partial charge on any atom is 0.262 e. The van der Waals surface area contributed by atoms with Crippen molar-refractivity contribution in [2.24, 2.45) is 0 Å². The van der Waals surface area contributed by atoms with E-state index in [9.17, 15) is 8.42 Å². The van der Waals surface area contributed by atoms with Gasteiger partial charge in [-0.2, -0.15) is 0 Å². The second kappa shape index (κ2) is 6.70. The van der Waals surface area contributed by atoms with Gasteiger partial charge in [-0.1, -0.05) is 35.9 Å². The summed E-state index contributed by atoms with van der Waals surface area (Å²) < 4.78 is 28.0. The van der Waals surface area contributed by atoms with E-state index < -0.39 is 10.0 Å². The van der Waals surface area contributed by atoms with E-state index in [-0.39, 0.29) is 4.90 Å². The quantitative estimate of drug-likeness (QED) is 0.738. The maximum atomic E-state index is 12.7. The molecule has 2 aromatic carbocycles. The summed E-state index contributed by atoms with van der Waals surface area (Å²) in [6.07, 6.45) is 2.55. The first-order valence-corrected chi connectivity index (χ1v) is 10.3. The van der Waals surface area contributed by atoms with Gasteiger partial charge in [0, 0.05) is 12.2 Å². The summed E-state index contributed by atoms with van der Waals surface area (Å²) in [6, 6.07) is 17.2. The summed E-state index contributed by atoms with van der Waals surface area (Å²) >= 11 is 0. The SMILES string of the molecule is Cc1ccc(S(=O)(=O)Nc2ccc(N3CCc4ccccc43)nc2)c(C)c1. The molecule has 0 unspecified atom stereocenters. The minimum absolute atomic E-state index is 0.283. The second-order valence-electron chi connectivity index (χ2n) is 6.81. The van der Waals surface area contributed by atoms with E-state index in [0.29, 0.717) is 5.69 Å². The highest BCUT2D eigenvalue weighted by Crippen LogP contribution is 2.33. The van der Waals surface area contributed by atoms with Crippen molar-refractivity contribution in [3.05, 3.63) is 77.5 Å². The number of benzene rings is 2. The average molecular weight is 379 g/mol. The van der Waals surface area contributed by atoms with Crippen molar-refractivity contribution in [1.82, 2.24) is 4.98 Å². The van der Waals surface area contributed by atoms with Crippen LogP contribution in [0.3, 0.4) is 0 Å². The van der Waals surface area contributed by atoms with Crippen LogP contribution >= 0.6 is 0 Å². The summed E-state index contributed by atoms with van der Waals surface area (Å²) in [6.45, 7) is 4.61. The summed E-state index contributed by atoms with van der Waals surface area (Å²) in [4.78, 5) is 6.91. The minimum atomic E-state index is -3.64. The first-order valence-electron chi connectivity index (χ1n) is 8.86. The van der Waals surface area contributed by atoms with Gasteiger partial charge in [-0.3, -0.25) is 4.72 Å². The number of sulfonamides is 1. The average Bonchev–Trinajstić information content (AvgIpc) is 3.06. The number of aromatic nitrogens is 1. The third-order valence-corrected chi connectivity index (χ3v) is 6.33. The lowest BCUT2D eigenvalue weighted by Gasteiger charge is -2.18. The maximum absolute atomic E-state index is 12.7. The molecule has 5 nitrogen and oxygen atoms in total. The van der Waals surface area contributed by atoms with Crippen LogP contribution < -0.4 is 9.62 Å². The second-order valence-corrected chi connectivity index (χ2v) is 8.46. The van der Waals surface area contributed by atoms with Crippen molar-refractivity contribution >= 4 is 27.2 Å². The Hall–Kier alpha value is -2.86. The molecule has 1 aliphatic rings. The van der Waals surface area contributed by atoms with E-state index in [1.165, 1.54) is 5.56 Å². The van der Waals surface area contributed by atoms with Gasteiger partial charge in [0.2, 0.25) is 0 Å². The lowest BCUT2D eigenvalue weighted by Crippen LogP contribution is -2.16. The minimum Gasteiger partial charge on any atom is -0.326 e. The largest absolute Gasteiger partial charge is 0.326 e. The highest BCUT2D eigenvalue weighted by Gasteiger charge is 2.21. The van der Waals surface area contributed by atoms with Gasteiger partial charge in [0.1, 0.15) is 5.82 Å². The highest BCUT2D eigenvalue weighted by atomic mass is 32.2. The number of fused-ring (bicyclic) bond motifs is 1. The van der Waals surface area contributed by atoms with Gasteiger partial charge >= 0.3 is 0 Å². The third-order valence-electron chi connectivity index (χ3n) is 4.78. The summed E-state index contributed by atoms with van der Waals surface area (Å²) in [5, 5.41) is 0. The van der Waals surface area contributed by atoms with E-state index in [2.05, 4.69) is 26.7 Å². The molecule has 2 heterocycles. The Kier molecular flexibility index (Phi) is 4.36. The molecular formula is C21H21N3O2S. The number of nitrogens with one attached hydrogen (secondary N) is 1. The molecule has 1 N–H and O–H groups in total. The van der Waals surface area contributed by atoms with Crippen molar-refractivity contribution in [3.8, 4) is 0 Å². The van der Waals surface area contributed by atoms with Crippen LogP contribution in [0.15, 0.2) is 65.7 Å². The van der Waals surface area contributed by atoms with Crippen molar-refractivity contribution in [3.63, 3.8) is 0 Å². The number of anilines is 3. The first-order chi connectivity index (χ1) is 12.9. The standard InChI is InChI=1S/C21H21N3O2S/c1-15-7-9-20(16(2)13-15)27(25,26)23-18-8-10-21(22-14-18)24-12-11-17-5-3-4-6-19(17)24/h3-10,13-14,23H,11-12H2,1-2H3. The van der Waals surface area contributed by atoms with Crippen LogP contribution in [-0.2, 0) is 16.4 Å². The fraction of sp³-hybridized carbons (Fsp3) is 0.190. The van der Waals surface area contributed by atoms with Gasteiger partial charge in [0.25, 0.3) is 10.0 Å². The Morgan fingerprint density at radius 1 is 1.04 bits per heavy atom. The van der Waals surface area contributed by atoms with Gasteiger partial charge in [0.05, 0.1) is 16.8 Å². The molecule has 1 aliphatic heterocycles. The zero-order valence-corrected chi connectivity index (χ0v) is 16.1. The Labute approximate surface area is 159 Å². The van der Waals surface area contributed by atoms with Crippen LogP contribution in [0.4, 0.5) is 17.2 Å². The summed E-state index contributed by atoms with van der Waals surface area (Å²) in [7, 11) is -3.64. The number of hydrogen-bond donors (Lipinski definition) is 1. The normalized spacial score (nSPS) is 13.5. The number of nitrogens with zero attached hydrogens (tertiary/aromatic N) is 2. The fourth-order valence-corrected chi connectivity index (χ4v) is 4.76. The molecule has 0 spiro atoms. The molecule has 6 heteroatoms. The first kappa shape index (κ1) is 17.5. The van der Waals surface area contributed by atoms with Crippen molar-refractivity contribution in [2.75, 3.05) is 16.2 Å². The molecule has 138 valence electrons. The molecular weight excluding hydrogens is 358 g/mol. The number of hydrogen-bond acceptors (Lipinski definition) is 4. The van der Waals surface area contributed by atoms with Gasteiger partial charge in [-0.25, -0.2) is 13.4 Å². The van der Waals surface area contributed by atoms with E-state index in [4.69, 9.17) is 0 Å². The van der Waals surface area contributed by atoms with Gasteiger partial charge in [-0.15, -0.1) is 0 Å². The van der Waals surface area contributed by atoms with Crippen LogP contribution in [0.2, 0.25) is 0 Å². The Bertz CT molecular complexity index is 1090. The Balaban J connectivity index is 1.56. The molecule has 0 fully saturated rings. The van der Waals surface area contributed by atoms with Gasteiger partial charge < -0.3 is 4.90 Å². The van der Waals surface area contributed by atoms with Crippen LogP contribution in [0.5, 0.6) is 0 Å². The Morgan fingerprint density at radius 3 is 2.59 bits per heavy atom. The van der Waals surface area contributed by atoms with Crippen LogP contribution in [0, 0.1) is 13.8 Å². The lowest BCUT2D eigenvalue weighted by molar-refractivity contribution is 0.600. The third kappa shape index (κ3) is 3.40. The molecule has 0 bridgehead atoms. The van der Waals surface area contributed by atoms with Gasteiger partial charge in [-0.05, 0) is 55.7 Å². The molecule has 4 rings (SSSR count). The fourth-order valence-electron chi connectivity index (χ4n) is 3.49. The predicted molar refractivity (Wildman–Crippen MR) is 108 cm³/mol. The highest BCUT2D eigenvalue weighted by molar-refractivity contribution is 7.92. The topological polar surface area (TPSA) is 62.3 Å². The molecule has 0 atom stereocenters.